The zero-order valence-electron chi connectivity index (χ0n) is 10.9. The number of aromatic nitrogens is 2. The van der Waals surface area contributed by atoms with E-state index in [4.69, 9.17) is 0 Å². The van der Waals surface area contributed by atoms with Gasteiger partial charge in [0.05, 0.1) is 11.9 Å². The molecule has 106 valence electrons. The predicted molar refractivity (Wildman–Crippen MR) is 94.5 cm³/mol. The number of nitrogens with zero attached hydrogens (tertiary/aromatic N) is 2. The van der Waals surface area contributed by atoms with Gasteiger partial charge in [-0.05, 0) is 58.5 Å². The van der Waals surface area contributed by atoms with Crippen LogP contribution in [0.5, 0.6) is 0 Å². The molecule has 3 aromatic rings. The molecule has 1 heterocycles. The van der Waals surface area contributed by atoms with Crippen molar-refractivity contribution in [3.8, 4) is 5.69 Å². The lowest BCUT2D eigenvalue weighted by atomic mass is 10.1. The van der Waals surface area contributed by atoms with Gasteiger partial charge in [0.2, 0.25) is 0 Å². The molecule has 3 rings (SSSR count). The Hall–Kier alpha value is -1.18. The third-order valence-electron chi connectivity index (χ3n) is 3.19. The fourth-order valence-corrected chi connectivity index (χ4v) is 3.11. The normalized spacial score (nSPS) is 12.3. The van der Waals surface area contributed by atoms with Crippen LogP contribution in [-0.4, -0.2) is 14.9 Å². The van der Waals surface area contributed by atoms with Crippen molar-refractivity contribution in [1.29, 1.82) is 0 Å². The Morgan fingerprint density at radius 1 is 1.14 bits per heavy atom. The number of aliphatic hydroxyl groups is 1. The van der Waals surface area contributed by atoms with Crippen LogP contribution in [0.1, 0.15) is 17.2 Å². The summed E-state index contributed by atoms with van der Waals surface area (Å²) in [5, 5.41) is 14.9. The van der Waals surface area contributed by atoms with Crippen molar-refractivity contribution in [2.75, 3.05) is 0 Å². The van der Waals surface area contributed by atoms with Gasteiger partial charge in [0.15, 0.2) is 0 Å². The second-order valence-corrected chi connectivity index (χ2v) is 6.70. The number of hydrogen-bond donors (Lipinski definition) is 1. The molecule has 1 aromatic heterocycles. The van der Waals surface area contributed by atoms with Crippen molar-refractivity contribution in [1.82, 2.24) is 9.78 Å². The van der Waals surface area contributed by atoms with Crippen molar-refractivity contribution in [3.05, 3.63) is 80.1 Å². The molecule has 0 aliphatic rings. The van der Waals surface area contributed by atoms with E-state index < -0.39 is 6.10 Å². The summed E-state index contributed by atoms with van der Waals surface area (Å²) >= 11 is 5.67. The van der Waals surface area contributed by atoms with Crippen LogP contribution in [0.15, 0.2) is 65.4 Å². The van der Waals surface area contributed by atoms with E-state index in [1.54, 1.807) is 10.9 Å². The second-order valence-electron chi connectivity index (χ2n) is 4.62. The number of benzene rings is 2. The van der Waals surface area contributed by atoms with Gasteiger partial charge >= 0.3 is 0 Å². The van der Waals surface area contributed by atoms with Crippen molar-refractivity contribution < 1.29 is 5.11 Å². The van der Waals surface area contributed by atoms with Crippen LogP contribution in [0.2, 0.25) is 0 Å². The molecular formula is C16H12BrIN2O. The molecule has 1 unspecified atom stereocenters. The van der Waals surface area contributed by atoms with Crippen molar-refractivity contribution in [3.63, 3.8) is 0 Å². The molecule has 0 aliphatic heterocycles. The maximum absolute atomic E-state index is 10.6. The van der Waals surface area contributed by atoms with Crippen molar-refractivity contribution in [2.24, 2.45) is 0 Å². The van der Waals surface area contributed by atoms with Crippen LogP contribution < -0.4 is 0 Å². The van der Waals surface area contributed by atoms with Crippen LogP contribution in [0.3, 0.4) is 0 Å². The van der Waals surface area contributed by atoms with Gasteiger partial charge in [0, 0.05) is 19.8 Å². The maximum atomic E-state index is 10.6. The molecular weight excluding hydrogens is 443 g/mol. The minimum Gasteiger partial charge on any atom is -0.384 e. The lowest BCUT2D eigenvalue weighted by molar-refractivity contribution is 0.219. The van der Waals surface area contributed by atoms with E-state index in [1.807, 2.05) is 54.7 Å². The van der Waals surface area contributed by atoms with Gasteiger partial charge < -0.3 is 5.11 Å². The third kappa shape index (κ3) is 3.20. The number of halogens is 2. The molecule has 1 N–H and O–H groups in total. The van der Waals surface area contributed by atoms with Crippen LogP contribution in [0.25, 0.3) is 5.69 Å². The monoisotopic (exact) mass is 454 g/mol. The molecule has 0 amide bonds. The summed E-state index contributed by atoms with van der Waals surface area (Å²) in [4.78, 5) is 0. The van der Waals surface area contributed by atoms with Crippen LogP contribution >= 0.6 is 38.5 Å². The minimum atomic E-state index is -0.688. The van der Waals surface area contributed by atoms with Gasteiger partial charge in [0.1, 0.15) is 6.10 Å². The lowest BCUT2D eigenvalue weighted by Crippen LogP contribution is -2.01. The summed E-state index contributed by atoms with van der Waals surface area (Å²) in [6.07, 6.45) is 2.87. The molecule has 0 fully saturated rings. The third-order valence-corrected chi connectivity index (χ3v) is 4.67. The highest BCUT2D eigenvalue weighted by Crippen LogP contribution is 2.28. The van der Waals surface area contributed by atoms with Gasteiger partial charge in [-0.1, -0.05) is 34.1 Å². The van der Waals surface area contributed by atoms with Crippen LogP contribution in [-0.2, 0) is 0 Å². The zero-order chi connectivity index (χ0) is 14.8. The number of hydrogen-bond acceptors (Lipinski definition) is 2. The first-order chi connectivity index (χ1) is 10.1. The maximum Gasteiger partial charge on any atom is 0.108 e. The number of rotatable bonds is 3. The molecule has 3 nitrogen and oxygen atoms in total. The molecule has 0 saturated heterocycles. The molecule has 0 saturated carbocycles. The number of para-hydroxylation sites is 1. The smallest absolute Gasteiger partial charge is 0.108 e. The highest BCUT2D eigenvalue weighted by atomic mass is 127. The molecule has 0 radical (unpaired) electrons. The van der Waals surface area contributed by atoms with Crippen LogP contribution in [0.4, 0.5) is 0 Å². The average molecular weight is 455 g/mol. The summed E-state index contributed by atoms with van der Waals surface area (Å²) in [5.41, 5.74) is 2.62. The fourth-order valence-electron chi connectivity index (χ4n) is 2.10. The Morgan fingerprint density at radius 2 is 1.90 bits per heavy atom. The van der Waals surface area contributed by atoms with Gasteiger partial charge in [-0.2, -0.15) is 5.10 Å². The summed E-state index contributed by atoms with van der Waals surface area (Å²) < 4.78 is 3.74. The van der Waals surface area contributed by atoms with E-state index in [1.165, 1.54) is 0 Å². The SMILES string of the molecule is OC(c1cnn(-c2ccccc2)c1)c1cc(Br)ccc1I. The Bertz CT molecular complexity index is 758. The fraction of sp³-hybridized carbons (Fsp3) is 0.0625. The van der Waals surface area contributed by atoms with Gasteiger partial charge in [0.25, 0.3) is 0 Å². The van der Waals surface area contributed by atoms with Gasteiger partial charge in [-0.15, -0.1) is 0 Å². The lowest BCUT2D eigenvalue weighted by Gasteiger charge is -2.11. The number of aliphatic hydroxyl groups excluding tert-OH is 1. The molecule has 5 heteroatoms. The summed E-state index contributed by atoms with van der Waals surface area (Å²) in [5.74, 6) is 0. The minimum absolute atomic E-state index is 0.688. The van der Waals surface area contributed by atoms with E-state index >= 15 is 0 Å². The Kier molecular flexibility index (Phi) is 4.42. The Balaban J connectivity index is 1.94. The van der Waals surface area contributed by atoms with Crippen LogP contribution in [0, 0.1) is 3.57 Å². The largest absolute Gasteiger partial charge is 0.384 e. The van der Waals surface area contributed by atoms with E-state index in [-0.39, 0.29) is 0 Å². The molecule has 0 aliphatic carbocycles. The second kappa shape index (κ2) is 6.29. The highest BCUT2D eigenvalue weighted by Gasteiger charge is 2.16. The first-order valence-electron chi connectivity index (χ1n) is 6.38. The van der Waals surface area contributed by atoms with Gasteiger partial charge in [-0.25, -0.2) is 4.68 Å². The summed E-state index contributed by atoms with van der Waals surface area (Å²) in [7, 11) is 0. The molecule has 2 aromatic carbocycles. The van der Waals surface area contributed by atoms with Crippen molar-refractivity contribution in [2.45, 2.75) is 6.10 Å². The molecule has 1 atom stereocenters. The summed E-state index contributed by atoms with van der Waals surface area (Å²) in [6, 6.07) is 15.7. The van der Waals surface area contributed by atoms with E-state index in [0.717, 1.165) is 24.9 Å². The van der Waals surface area contributed by atoms with Gasteiger partial charge in [-0.3, -0.25) is 0 Å². The highest BCUT2D eigenvalue weighted by molar-refractivity contribution is 14.1. The van der Waals surface area contributed by atoms with E-state index in [2.05, 4.69) is 43.6 Å². The Morgan fingerprint density at radius 3 is 2.67 bits per heavy atom. The van der Waals surface area contributed by atoms with E-state index in [9.17, 15) is 5.11 Å². The first-order valence-corrected chi connectivity index (χ1v) is 8.25. The standard InChI is InChI=1S/C16H12BrIN2O/c17-12-6-7-15(18)14(8-12)16(21)11-9-19-20(10-11)13-4-2-1-3-5-13/h1-10,16,21H. The molecule has 0 bridgehead atoms. The molecule has 0 spiro atoms. The van der Waals surface area contributed by atoms with Crippen molar-refractivity contribution >= 4 is 38.5 Å². The summed E-state index contributed by atoms with van der Waals surface area (Å²) in [6.45, 7) is 0. The Labute approximate surface area is 144 Å². The zero-order valence-corrected chi connectivity index (χ0v) is 14.7. The topological polar surface area (TPSA) is 38.1 Å². The average Bonchev–Trinajstić information content (AvgIpc) is 3.00. The molecule has 21 heavy (non-hydrogen) atoms. The quantitative estimate of drug-likeness (QED) is 0.598. The first kappa shape index (κ1) is 14.7. The van der Waals surface area contributed by atoms with E-state index in [0.29, 0.717) is 0 Å². The predicted octanol–water partition coefficient (Wildman–Crippen LogP) is 4.32.